The first-order chi connectivity index (χ1) is 9.12. The summed E-state index contributed by atoms with van der Waals surface area (Å²) in [6, 6.07) is 0. The molecule has 1 unspecified atom stereocenters. The van der Waals surface area contributed by atoms with E-state index in [0.717, 1.165) is 32.6 Å². The first-order valence-corrected chi connectivity index (χ1v) is 7.77. The maximum Gasteiger partial charge on any atom is 0.327 e. The first-order valence-electron chi connectivity index (χ1n) is 7.77. The lowest BCUT2D eigenvalue weighted by Gasteiger charge is -2.34. The Labute approximate surface area is 117 Å². The monoisotopic (exact) mass is 270 g/mol. The van der Waals surface area contributed by atoms with Crippen molar-refractivity contribution < 1.29 is 9.53 Å². The summed E-state index contributed by atoms with van der Waals surface area (Å²) in [5.41, 5.74) is -0.573. The van der Waals surface area contributed by atoms with Crippen LogP contribution in [0.5, 0.6) is 0 Å². The van der Waals surface area contributed by atoms with Crippen LogP contribution >= 0.6 is 0 Å². The van der Waals surface area contributed by atoms with Gasteiger partial charge in [0.15, 0.2) is 0 Å². The Morgan fingerprint density at radius 1 is 1.21 bits per heavy atom. The third-order valence-corrected chi connectivity index (χ3v) is 3.73. The second-order valence-electron chi connectivity index (χ2n) is 5.67. The summed E-state index contributed by atoms with van der Waals surface area (Å²) in [5, 5.41) is 3.38. The molecule has 1 aliphatic heterocycles. The number of nitrogens with zero attached hydrogens (tertiary/aromatic N) is 1. The van der Waals surface area contributed by atoms with Crippen LogP contribution in [0.2, 0.25) is 0 Å². The number of esters is 1. The van der Waals surface area contributed by atoms with E-state index in [-0.39, 0.29) is 5.97 Å². The molecule has 0 aromatic carbocycles. The number of rotatable bonds is 7. The van der Waals surface area contributed by atoms with Crippen molar-refractivity contribution in [3.8, 4) is 0 Å². The van der Waals surface area contributed by atoms with Crippen molar-refractivity contribution in [2.45, 2.75) is 58.4 Å². The summed E-state index contributed by atoms with van der Waals surface area (Å²) in [6.45, 7) is 10.2. The summed E-state index contributed by atoms with van der Waals surface area (Å²) >= 11 is 0. The van der Waals surface area contributed by atoms with E-state index in [1.807, 2.05) is 13.8 Å². The maximum absolute atomic E-state index is 12.2. The van der Waals surface area contributed by atoms with Crippen LogP contribution in [0.15, 0.2) is 0 Å². The number of likely N-dealkylation sites (tertiary alicyclic amines) is 1. The van der Waals surface area contributed by atoms with Crippen LogP contribution in [-0.4, -0.2) is 49.2 Å². The SMILES string of the molecule is CCCNC(C)(CN1CCCCCC1)C(=O)OCC. The van der Waals surface area contributed by atoms with Gasteiger partial charge in [0.25, 0.3) is 0 Å². The molecule has 4 heteroatoms. The van der Waals surface area contributed by atoms with E-state index in [9.17, 15) is 4.79 Å². The molecule has 0 radical (unpaired) electrons. The Morgan fingerprint density at radius 3 is 2.37 bits per heavy atom. The molecule has 112 valence electrons. The summed E-state index contributed by atoms with van der Waals surface area (Å²) in [5.74, 6) is -0.118. The van der Waals surface area contributed by atoms with Gasteiger partial charge in [0.1, 0.15) is 5.54 Å². The second-order valence-corrected chi connectivity index (χ2v) is 5.67. The van der Waals surface area contributed by atoms with Crippen molar-refractivity contribution in [2.75, 3.05) is 32.8 Å². The Balaban J connectivity index is 2.63. The van der Waals surface area contributed by atoms with Crippen LogP contribution in [0.1, 0.15) is 52.9 Å². The van der Waals surface area contributed by atoms with Crippen molar-refractivity contribution in [1.29, 1.82) is 0 Å². The van der Waals surface area contributed by atoms with Gasteiger partial charge in [0, 0.05) is 6.54 Å². The molecule has 0 aromatic heterocycles. The van der Waals surface area contributed by atoms with Crippen LogP contribution < -0.4 is 5.32 Å². The molecule has 1 saturated heterocycles. The van der Waals surface area contributed by atoms with Gasteiger partial charge >= 0.3 is 5.97 Å². The molecule has 1 rings (SSSR count). The van der Waals surface area contributed by atoms with E-state index < -0.39 is 5.54 Å². The fourth-order valence-electron chi connectivity index (χ4n) is 2.63. The van der Waals surface area contributed by atoms with E-state index in [1.165, 1.54) is 25.7 Å². The molecule has 0 aromatic rings. The maximum atomic E-state index is 12.2. The zero-order chi connectivity index (χ0) is 14.1. The Hall–Kier alpha value is -0.610. The number of carbonyl (C=O) groups excluding carboxylic acids is 1. The van der Waals surface area contributed by atoms with E-state index in [2.05, 4.69) is 17.1 Å². The molecule has 1 fully saturated rings. The highest BCUT2D eigenvalue weighted by Gasteiger charge is 2.36. The average Bonchev–Trinajstić information content (AvgIpc) is 2.65. The molecule has 0 aliphatic carbocycles. The molecule has 1 N–H and O–H groups in total. The zero-order valence-corrected chi connectivity index (χ0v) is 12.8. The van der Waals surface area contributed by atoms with Gasteiger partial charge in [-0.2, -0.15) is 0 Å². The fourth-order valence-corrected chi connectivity index (χ4v) is 2.63. The Morgan fingerprint density at radius 2 is 1.84 bits per heavy atom. The lowest BCUT2D eigenvalue weighted by atomic mass is 10.0. The third-order valence-electron chi connectivity index (χ3n) is 3.73. The number of carbonyl (C=O) groups is 1. The summed E-state index contributed by atoms with van der Waals surface area (Å²) in [4.78, 5) is 14.6. The molecular weight excluding hydrogens is 240 g/mol. The predicted octanol–water partition coefficient (Wildman–Crippen LogP) is 2.18. The van der Waals surface area contributed by atoms with Gasteiger partial charge < -0.3 is 15.0 Å². The highest BCUT2D eigenvalue weighted by atomic mass is 16.5. The molecule has 1 atom stereocenters. The van der Waals surface area contributed by atoms with Crippen LogP contribution in [0.25, 0.3) is 0 Å². The van der Waals surface area contributed by atoms with Crippen LogP contribution in [0.3, 0.4) is 0 Å². The minimum absolute atomic E-state index is 0.118. The molecule has 0 spiro atoms. The van der Waals surface area contributed by atoms with Gasteiger partial charge in [-0.3, -0.25) is 4.79 Å². The highest BCUT2D eigenvalue weighted by molar-refractivity contribution is 5.80. The largest absolute Gasteiger partial charge is 0.465 e. The van der Waals surface area contributed by atoms with Crippen LogP contribution in [-0.2, 0) is 9.53 Å². The van der Waals surface area contributed by atoms with Crippen molar-refractivity contribution in [3.05, 3.63) is 0 Å². The fraction of sp³-hybridized carbons (Fsp3) is 0.933. The summed E-state index contributed by atoms with van der Waals surface area (Å²) in [6.07, 6.45) is 6.14. The molecular formula is C15H30N2O2. The van der Waals surface area contributed by atoms with Gasteiger partial charge in [0.05, 0.1) is 6.61 Å². The van der Waals surface area contributed by atoms with Crippen molar-refractivity contribution in [1.82, 2.24) is 10.2 Å². The standard InChI is InChI=1S/C15H30N2O2/c1-4-10-16-15(3,14(18)19-5-2)13-17-11-8-6-7-9-12-17/h16H,4-13H2,1-3H3. The van der Waals surface area contributed by atoms with Crippen molar-refractivity contribution in [3.63, 3.8) is 0 Å². The van der Waals surface area contributed by atoms with E-state index in [4.69, 9.17) is 4.74 Å². The van der Waals surface area contributed by atoms with Crippen molar-refractivity contribution in [2.24, 2.45) is 0 Å². The van der Waals surface area contributed by atoms with E-state index in [0.29, 0.717) is 6.61 Å². The molecule has 0 bridgehead atoms. The second kappa shape index (κ2) is 8.54. The Bertz CT molecular complexity index is 263. The van der Waals surface area contributed by atoms with Gasteiger partial charge in [-0.15, -0.1) is 0 Å². The Kier molecular flexibility index (Phi) is 7.39. The number of hydrogen-bond acceptors (Lipinski definition) is 4. The molecule has 0 saturated carbocycles. The van der Waals surface area contributed by atoms with Gasteiger partial charge in [-0.1, -0.05) is 19.8 Å². The summed E-state index contributed by atoms with van der Waals surface area (Å²) < 4.78 is 5.25. The number of hydrogen-bond donors (Lipinski definition) is 1. The zero-order valence-electron chi connectivity index (χ0n) is 12.8. The first kappa shape index (κ1) is 16.4. The van der Waals surface area contributed by atoms with Gasteiger partial charge in [0.2, 0.25) is 0 Å². The molecule has 19 heavy (non-hydrogen) atoms. The number of nitrogens with one attached hydrogen (secondary N) is 1. The molecule has 4 nitrogen and oxygen atoms in total. The lowest BCUT2D eigenvalue weighted by Crippen LogP contribution is -2.58. The minimum atomic E-state index is -0.573. The normalized spacial score (nSPS) is 20.6. The topological polar surface area (TPSA) is 41.6 Å². The van der Waals surface area contributed by atoms with Crippen molar-refractivity contribution >= 4 is 5.97 Å². The predicted molar refractivity (Wildman–Crippen MR) is 78.2 cm³/mol. The van der Waals surface area contributed by atoms with Gasteiger partial charge in [-0.05, 0) is 52.7 Å². The highest BCUT2D eigenvalue weighted by Crippen LogP contribution is 2.15. The van der Waals surface area contributed by atoms with E-state index >= 15 is 0 Å². The lowest BCUT2D eigenvalue weighted by molar-refractivity contribution is -0.151. The molecule has 0 amide bonds. The third kappa shape index (κ3) is 5.49. The summed E-state index contributed by atoms with van der Waals surface area (Å²) in [7, 11) is 0. The molecule has 1 aliphatic rings. The average molecular weight is 270 g/mol. The quantitative estimate of drug-likeness (QED) is 0.720. The van der Waals surface area contributed by atoms with E-state index in [1.54, 1.807) is 0 Å². The smallest absolute Gasteiger partial charge is 0.327 e. The van der Waals surface area contributed by atoms with Crippen LogP contribution in [0.4, 0.5) is 0 Å². The van der Waals surface area contributed by atoms with Crippen LogP contribution in [0, 0.1) is 0 Å². The molecule has 1 heterocycles. The minimum Gasteiger partial charge on any atom is -0.465 e. The number of ether oxygens (including phenoxy) is 1. The van der Waals surface area contributed by atoms with Gasteiger partial charge in [-0.25, -0.2) is 0 Å².